The summed E-state index contributed by atoms with van der Waals surface area (Å²) in [6.07, 6.45) is 2.43. The van der Waals surface area contributed by atoms with Crippen molar-refractivity contribution >= 4 is 44.9 Å². The number of benzene rings is 1. The minimum absolute atomic E-state index is 0.120. The number of ether oxygens (including phenoxy) is 1. The van der Waals surface area contributed by atoms with Crippen molar-refractivity contribution < 1.29 is 14.5 Å². The maximum Gasteiger partial charge on any atom is 0.353 e. The van der Waals surface area contributed by atoms with Gasteiger partial charge in [0.1, 0.15) is 6.33 Å². The van der Waals surface area contributed by atoms with Crippen molar-refractivity contribution in [3.05, 3.63) is 45.2 Å². The lowest BCUT2D eigenvalue weighted by molar-refractivity contribution is -0.383. The van der Waals surface area contributed by atoms with Crippen molar-refractivity contribution in [2.45, 2.75) is 19.8 Å². The molecule has 1 saturated heterocycles. The topological polar surface area (TPSA) is 110 Å². The summed E-state index contributed by atoms with van der Waals surface area (Å²) in [6.45, 7) is 3.09. The van der Waals surface area contributed by atoms with Crippen LogP contribution in [0.15, 0.2) is 35.1 Å². The number of hydrogen-bond acceptors (Lipinski definition) is 8. The zero-order valence-corrected chi connectivity index (χ0v) is 16.9. The molecule has 1 N–H and O–H groups in total. The normalized spacial score (nSPS) is 14.6. The molecule has 148 valence electrons. The maximum atomic E-state index is 11.9. The summed E-state index contributed by atoms with van der Waals surface area (Å²) in [4.78, 5) is 33.3. The first kappa shape index (κ1) is 20.0. The molecule has 2 heterocycles. The second-order valence-electron chi connectivity index (χ2n) is 6.27. The van der Waals surface area contributed by atoms with Gasteiger partial charge in [0.25, 0.3) is 0 Å². The Morgan fingerprint density at radius 1 is 1.36 bits per heavy atom. The minimum atomic E-state index is -0.480. The van der Waals surface area contributed by atoms with E-state index >= 15 is 0 Å². The molecular weight excluding hydrogens is 430 g/mol. The zero-order chi connectivity index (χ0) is 20.1. The number of aromatic nitrogens is 2. The Bertz CT molecular complexity index is 871. The number of esters is 1. The van der Waals surface area contributed by atoms with E-state index in [0.29, 0.717) is 38.2 Å². The van der Waals surface area contributed by atoms with E-state index in [1.165, 1.54) is 6.33 Å². The van der Waals surface area contributed by atoms with Crippen LogP contribution in [0, 0.1) is 16.0 Å². The molecule has 0 saturated carbocycles. The van der Waals surface area contributed by atoms with Gasteiger partial charge in [-0.15, -0.1) is 0 Å². The molecule has 28 heavy (non-hydrogen) atoms. The van der Waals surface area contributed by atoms with Crippen LogP contribution in [0.5, 0.6) is 0 Å². The predicted octanol–water partition coefficient (Wildman–Crippen LogP) is 3.67. The van der Waals surface area contributed by atoms with Crippen molar-refractivity contribution in [2.75, 3.05) is 29.9 Å². The van der Waals surface area contributed by atoms with E-state index in [1.807, 2.05) is 23.1 Å². The number of para-hydroxylation sites is 1. The molecule has 0 spiro atoms. The Morgan fingerprint density at radius 2 is 2.07 bits per heavy atom. The first-order valence-corrected chi connectivity index (χ1v) is 9.73. The summed E-state index contributed by atoms with van der Waals surface area (Å²) >= 11 is 3.41. The fourth-order valence-electron chi connectivity index (χ4n) is 3.14. The molecule has 0 radical (unpaired) electrons. The molecule has 1 aliphatic rings. The highest BCUT2D eigenvalue weighted by molar-refractivity contribution is 9.10. The number of hydrogen-bond donors (Lipinski definition) is 1. The van der Waals surface area contributed by atoms with Crippen LogP contribution in [0.4, 0.5) is 23.0 Å². The number of carbonyl (C=O) groups excluding carboxylic acids is 1. The van der Waals surface area contributed by atoms with Crippen molar-refractivity contribution in [2.24, 2.45) is 5.92 Å². The molecule has 3 rings (SSSR count). The highest BCUT2D eigenvalue weighted by atomic mass is 79.9. The Morgan fingerprint density at radius 3 is 2.71 bits per heavy atom. The van der Waals surface area contributed by atoms with Crippen LogP contribution in [0.3, 0.4) is 0 Å². The van der Waals surface area contributed by atoms with Gasteiger partial charge in [-0.05, 0) is 47.8 Å². The number of piperidine rings is 1. The third-order valence-corrected chi connectivity index (χ3v) is 5.22. The number of anilines is 3. The molecule has 0 unspecified atom stereocenters. The van der Waals surface area contributed by atoms with Gasteiger partial charge in [0, 0.05) is 17.6 Å². The van der Waals surface area contributed by atoms with E-state index in [2.05, 4.69) is 31.2 Å². The monoisotopic (exact) mass is 449 g/mol. The molecule has 0 amide bonds. The summed E-state index contributed by atoms with van der Waals surface area (Å²) in [7, 11) is 0. The van der Waals surface area contributed by atoms with Crippen molar-refractivity contribution in [3.8, 4) is 0 Å². The lowest BCUT2D eigenvalue weighted by Gasteiger charge is -2.31. The van der Waals surface area contributed by atoms with Gasteiger partial charge in [-0.3, -0.25) is 14.9 Å². The summed E-state index contributed by atoms with van der Waals surface area (Å²) in [6, 6.07) is 7.29. The molecule has 0 aliphatic carbocycles. The van der Waals surface area contributed by atoms with Gasteiger partial charge in [-0.2, -0.15) is 0 Å². The molecule has 10 heteroatoms. The van der Waals surface area contributed by atoms with Crippen LogP contribution in [0.25, 0.3) is 0 Å². The minimum Gasteiger partial charge on any atom is -0.466 e. The second kappa shape index (κ2) is 8.96. The Labute approximate surface area is 170 Å². The fourth-order valence-corrected chi connectivity index (χ4v) is 3.52. The van der Waals surface area contributed by atoms with Crippen LogP contribution in [0.2, 0.25) is 0 Å². The van der Waals surface area contributed by atoms with Gasteiger partial charge in [0.15, 0.2) is 0 Å². The number of carbonyl (C=O) groups is 1. The van der Waals surface area contributed by atoms with Gasteiger partial charge < -0.3 is 15.0 Å². The van der Waals surface area contributed by atoms with Crippen molar-refractivity contribution in [1.29, 1.82) is 0 Å². The smallest absolute Gasteiger partial charge is 0.353 e. The zero-order valence-electron chi connectivity index (χ0n) is 15.3. The molecule has 1 aliphatic heterocycles. The van der Waals surface area contributed by atoms with Gasteiger partial charge in [0.05, 0.1) is 23.1 Å². The SMILES string of the molecule is CCOC(=O)C1CCN(c2ncnc(Nc3ccccc3Br)c2[N+](=O)[O-])CC1. The number of halogens is 1. The molecule has 1 aromatic heterocycles. The van der Waals surface area contributed by atoms with Crippen LogP contribution in [-0.2, 0) is 9.53 Å². The molecule has 0 bridgehead atoms. The van der Waals surface area contributed by atoms with E-state index < -0.39 is 4.92 Å². The Hall–Kier alpha value is -2.75. The number of nitrogens with one attached hydrogen (secondary N) is 1. The van der Waals surface area contributed by atoms with Gasteiger partial charge in [0.2, 0.25) is 11.6 Å². The number of rotatable bonds is 6. The standard InChI is InChI=1S/C18H20BrN5O4/c1-2-28-18(25)12-7-9-23(10-8-12)17-15(24(26)27)16(20-11-21-17)22-14-6-4-3-5-13(14)19/h3-6,11-12H,2,7-10H2,1H3,(H,20,21,22). The van der Waals surface area contributed by atoms with E-state index in [0.717, 1.165) is 4.47 Å². The van der Waals surface area contributed by atoms with Gasteiger partial charge in [-0.1, -0.05) is 12.1 Å². The number of nitro groups is 1. The maximum absolute atomic E-state index is 11.9. The molecule has 1 fully saturated rings. The Kier molecular flexibility index (Phi) is 6.40. The highest BCUT2D eigenvalue weighted by Gasteiger charge is 2.32. The number of nitrogens with zero attached hydrogens (tertiary/aromatic N) is 4. The molecule has 1 aromatic carbocycles. The van der Waals surface area contributed by atoms with Crippen LogP contribution >= 0.6 is 15.9 Å². The average molecular weight is 450 g/mol. The van der Waals surface area contributed by atoms with Gasteiger partial charge >= 0.3 is 11.7 Å². The predicted molar refractivity (Wildman–Crippen MR) is 108 cm³/mol. The van der Waals surface area contributed by atoms with Gasteiger partial charge in [-0.25, -0.2) is 9.97 Å². The quantitative estimate of drug-likeness (QED) is 0.403. The van der Waals surface area contributed by atoms with Crippen molar-refractivity contribution in [1.82, 2.24) is 9.97 Å². The third-order valence-electron chi connectivity index (χ3n) is 4.53. The largest absolute Gasteiger partial charge is 0.466 e. The van der Waals surface area contributed by atoms with Crippen LogP contribution in [0.1, 0.15) is 19.8 Å². The molecule has 2 aromatic rings. The first-order chi connectivity index (χ1) is 13.5. The lowest BCUT2D eigenvalue weighted by Crippen LogP contribution is -2.37. The van der Waals surface area contributed by atoms with Crippen molar-refractivity contribution in [3.63, 3.8) is 0 Å². The summed E-state index contributed by atoms with van der Waals surface area (Å²) in [5, 5.41) is 14.8. The molecule has 0 atom stereocenters. The summed E-state index contributed by atoms with van der Waals surface area (Å²) in [5.74, 6) is -0.0307. The highest BCUT2D eigenvalue weighted by Crippen LogP contribution is 2.36. The summed E-state index contributed by atoms with van der Waals surface area (Å²) < 4.78 is 5.84. The molecule has 9 nitrogen and oxygen atoms in total. The molecular formula is C18H20BrN5O4. The van der Waals surface area contributed by atoms with E-state index in [4.69, 9.17) is 4.74 Å². The van der Waals surface area contributed by atoms with Crippen LogP contribution < -0.4 is 10.2 Å². The summed E-state index contributed by atoms with van der Waals surface area (Å²) in [5.41, 5.74) is 0.476. The Balaban J connectivity index is 1.83. The van der Waals surface area contributed by atoms with E-state index in [1.54, 1.807) is 13.0 Å². The van der Waals surface area contributed by atoms with Crippen LogP contribution in [-0.4, -0.2) is 40.6 Å². The lowest BCUT2D eigenvalue weighted by atomic mass is 9.97. The van der Waals surface area contributed by atoms with E-state index in [-0.39, 0.29) is 29.2 Å². The van der Waals surface area contributed by atoms with E-state index in [9.17, 15) is 14.9 Å². The third kappa shape index (κ3) is 4.38. The first-order valence-electron chi connectivity index (χ1n) is 8.93. The average Bonchev–Trinajstić information content (AvgIpc) is 2.69. The fraction of sp³-hybridized carbons (Fsp3) is 0.389. The second-order valence-corrected chi connectivity index (χ2v) is 7.12.